The van der Waals surface area contributed by atoms with Crippen molar-refractivity contribution in [2.75, 3.05) is 7.11 Å². The van der Waals surface area contributed by atoms with Gasteiger partial charge in [-0.1, -0.05) is 34.8 Å². The van der Waals surface area contributed by atoms with E-state index in [2.05, 4.69) is 4.74 Å². The van der Waals surface area contributed by atoms with Gasteiger partial charge in [-0.05, 0) is 24.3 Å². The van der Waals surface area contributed by atoms with Crippen LogP contribution in [0.15, 0.2) is 24.3 Å². The third-order valence-corrected chi connectivity index (χ3v) is 2.74. The van der Waals surface area contributed by atoms with Crippen molar-refractivity contribution in [2.24, 2.45) is 0 Å². The highest BCUT2D eigenvalue weighted by molar-refractivity contribution is 6.68. The first-order valence-electron chi connectivity index (χ1n) is 4.16. The van der Waals surface area contributed by atoms with Crippen LogP contribution in [-0.2, 0) is 9.53 Å². The van der Waals surface area contributed by atoms with Crippen LogP contribution in [0.4, 0.5) is 0 Å². The Morgan fingerprint density at radius 2 is 1.69 bits per heavy atom. The number of alkyl halides is 2. The molecule has 0 amide bonds. The van der Waals surface area contributed by atoms with Gasteiger partial charge in [0.1, 0.15) is 0 Å². The van der Waals surface area contributed by atoms with E-state index in [-0.39, 0.29) is 5.56 Å². The van der Waals surface area contributed by atoms with Crippen molar-refractivity contribution >= 4 is 46.6 Å². The second-order valence-corrected chi connectivity index (χ2v) is 4.67. The van der Waals surface area contributed by atoms with E-state index in [0.29, 0.717) is 5.02 Å². The number of Topliss-reactive ketones (excluding diaryl/α,β-unsaturated/α-hetero) is 1. The zero-order chi connectivity index (χ0) is 12.3. The lowest BCUT2D eigenvalue weighted by Crippen LogP contribution is -2.36. The average molecular weight is 282 g/mol. The molecule has 0 heterocycles. The number of ether oxygens (including phenoxy) is 1. The van der Waals surface area contributed by atoms with Gasteiger partial charge in [0, 0.05) is 10.6 Å². The molecule has 86 valence electrons. The summed E-state index contributed by atoms with van der Waals surface area (Å²) < 4.78 is 2.10. The molecule has 1 aromatic rings. The maximum absolute atomic E-state index is 11.8. The average Bonchev–Trinajstić information content (AvgIpc) is 2.28. The summed E-state index contributed by atoms with van der Waals surface area (Å²) in [5.74, 6) is -1.77. The molecule has 16 heavy (non-hydrogen) atoms. The third kappa shape index (κ3) is 2.67. The Morgan fingerprint density at radius 3 is 2.12 bits per heavy atom. The lowest BCUT2D eigenvalue weighted by Gasteiger charge is -2.14. The number of hydrogen-bond donors (Lipinski definition) is 0. The van der Waals surface area contributed by atoms with Crippen molar-refractivity contribution < 1.29 is 14.3 Å². The first-order chi connectivity index (χ1) is 7.39. The Labute approximate surface area is 107 Å². The second-order valence-electron chi connectivity index (χ2n) is 2.90. The van der Waals surface area contributed by atoms with Crippen LogP contribution in [0.25, 0.3) is 0 Å². The first kappa shape index (κ1) is 13.3. The number of esters is 1. The highest BCUT2D eigenvalue weighted by atomic mass is 35.5. The summed E-state index contributed by atoms with van der Waals surface area (Å²) in [5.41, 5.74) is 0.180. The van der Waals surface area contributed by atoms with Crippen LogP contribution in [-0.4, -0.2) is 23.2 Å². The number of benzene rings is 1. The van der Waals surface area contributed by atoms with Crippen molar-refractivity contribution in [3.63, 3.8) is 0 Å². The fraction of sp³-hybridized carbons (Fsp3) is 0.200. The molecule has 0 saturated heterocycles. The largest absolute Gasteiger partial charge is 0.466 e. The maximum Gasteiger partial charge on any atom is 0.350 e. The minimum atomic E-state index is -2.23. The Balaban J connectivity index is 3.02. The number of carbonyl (C=O) groups is 2. The zero-order valence-electron chi connectivity index (χ0n) is 8.17. The molecule has 6 heteroatoms. The number of hydrogen-bond acceptors (Lipinski definition) is 3. The number of rotatable bonds is 3. The SMILES string of the molecule is COC(=O)C(Cl)(Cl)C(=O)c1ccc(Cl)cc1. The quantitative estimate of drug-likeness (QED) is 0.370. The molecule has 0 aliphatic rings. The van der Waals surface area contributed by atoms with Crippen molar-refractivity contribution in [1.82, 2.24) is 0 Å². The fourth-order valence-electron chi connectivity index (χ4n) is 1.00. The highest BCUT2D eigenvalue weighted by Gasteiger charge is 2.43. The van der Waals surface area contributed by atoms with Crippen LogP contribution in [0.5, 0.6) is 0 Å². The van der Waals surface area contributed by atoms with E-state index in [1.54, 1.807) is 0 Å². The molecule has 0 unspecified atom stereocenters. The number of carbonyl (C=O) groups excluding carboxylic acids is 2. The Hall–Kier alpha value is -0.770. The van der Waals surface area contributed by atoms with Gasteiger partial charge in [0.05, 0.1) is 7.11 Å². The zero-order valence-corrected chi connectivity index (χ0v) is 10.4. The minimum absolute atomic E-state index is 0.180. The molecule has 0 saturated carbocycles. The van der Waals surface area contributed by atoms with Crippen molar-refractivity contribution in [3.8, 4) is 0 Å². The van der Waals surface area contributed by atoms with Gasteiger partial charge in [0.25, 0.3) is 4.33 Å². The smallest absolute Gasteiger partial charge is 0.350 e. The molecule has 0 bridgehead atoms. The van der Waals surface area contributed by atoms with E-state index in [0.717, 1.165) is 7.11 Å². The predicted molar refractivity (Wildman–Crippen MR) is 62.2 cm³/mol. The summed E-state index contributed by atoms with van der Waals surface area (Å²) in [6.07, 6.45) is 0. The second kappa shape index (κ2) is 5.04. The molecule has 0 aromatic heterocycles. The molecular weight excluding hydrogens is 274 g/mol. The number of halogens is 3. The van der Waals surface area contributed by atoms with Gasteiger partial charge in [-0.15, -0.1) is 0 Å². The van der Waals surface area contributed by atoms with E-state index < -0.39 is 16.1 Å². The number of ketones is 1. The Morgan fingerprint density at radius 1 is 1.19 bits per heavy atom. The van der Waals surface area contributed by atoms with E-state index in [1.807, 2.05) is 0 Å². The molecule has 0 atom stereocenters. The van der Waals surface area contributed by atoms with Gasteiger partial charge in [-0.25, -0.2) is 4.79 Å². The molecule has 0 N–H and O–H groups in total. The lowest BCUT2D eigenvalue weighted by atomic mass is 10.1. The summed E-state index contributed by atoms with van der Waals surface area (Å²) in [6, 6.07) is 5.84. The van der Waals surface area contributed by atoms with Gasteiger partial charge in [0.2, 0.25) is 5.78 Å². The minimum Gasteiger partial charge on any atom is -0.466 e. The molecule has 0 aliphatic carbocycles. The van der Waals surface area contributed by atoms with E-state index in [1.165, 1.54) is 24.3 Å². The van der Waals surface area contributed by atoms with Gasteiger partial charge < -0.3 is 4.74 Å². The monoisotopic (exact) mass is 280 g/mol. The van der Waals surface area contributed by atoms with Crippen LogP contribution in [0, 0.1) is 0 Å². The molecule has 1 aromatic carbocycles. The Bertz CT molecular complexity index is 412. The Kier molecular flexibility index (Phi) is 4.19. The van der Waals surface area contributed by atoms with Gasteiger partial charge in [-0.2, -0.15) is 0 Å². The predicted octanol–water partition coefficient (Wildman–Crippen LogP) is 2.87. The van der Waals surface area contributed by atoms with E-state index >= 15 is 0 Å². The molecule has 1 rings (SSSR count). The summed E-state index contributed by atoms with van der Waals surface area (Å²) in [5, 5.41) is 0.462. The van der Waals surface area contributed by atoms with Crippen molar-refractivity contribution in [2.45, 2.75) is 4.33 Å². The highest BCUT2D eigenvalue weighted by Crippen LogP contribution is 2.28. The van der Waals surface area contributed by atoms with Crippen LogP contribution in [0.2, 0.25) is 5.02 Å². The summed E-state index contributed by atoms with van der Waals surface area (Å²) >= 11 is 16.9. The topological polar surface area (TPSA) is 43.4 Å². The lowest BCUT2D eigenvalue weighted by molar-refractivity contribution is -0.140. The number of methoxy groups -OCH3 is 1. The van der Waals surface area contributed by atoms with Crippen LogP contribution in [0.1, 0.15) is 10.4 Å². The summed E-state index contributed by atoms with van der Waals surface area (Å²) in [6.45, 7) is 0. The summed E-state index contributed by atoms with van der Waals surface area (Å²) in [4.78, 5) is 23.0. The fourth-order valence-corrected chi connectivity index (χ4v) is 1.50. The molecule has 3 nitrogen and oxygen atoms in total. The molecule has 0 aliphatic heterocycles. The van der Waals surface area contributed by atoms with Gasteiger partial charge >= 0.3 is 5.97 Å². The third-order valence-electron chi connectivity index (χ3n) is 1.83. The maximum atomic E-state index is 11.8. The molecule has 0 radical (unpaired) electrons. The van der Waals surface area contributed by atoms with E-state index in [9.17, 15) is 9.59 Å². The van der Waals surface area contributed by atoms with Crippen LogP contribution < -0.4 is 0 Å². The standard InChI is InChI=1S/C10H7Cl3O3/c1-16-9(15)10(12,13)8(14)6-2-4-7(11)5-3-6/h2-5H,1H3. The normalized spacial score (nSPS) is 11.0. The van der Waals surface area contributed by atoms with Crippen molar-refractivity contribution in [1.29, 1.82) is 0 Å². The van der Waals surface area contributed by atoms with Crippen molar-refractivity contribution in [3.05, 3.63) is 34.9 Å². The first-order valence-corrected chi connectivity index (χ1v) is 5.29. The van der Waals surface area contributed by atoms with Gasteiger partial charge in [0.15, 0.2) is 0 Å². The van der Waals surface area contributed by atoms with E-state index in [4.69, 9.17) is 34.8 Å². The molecule has 0 spiro atoms. The summed E-state index contributed by atoms with van der Waals surface area (Å²) in [7, 11) is 1.09. The molecule has 0 fully saturated rings. The van der Waals surface area contributed by atoms with Crippen LogP contribution in [0.3, 0.4) is 0 Å². The van der Waals surface area contributed by atoms with Gasteiger partial charge in [-0.3, -0.25) is 4.79 Å². The van der Waals surface area contributed by atoms with Crippen LogP contribution >= 0.6 is 34.8 Å². The molecular formula is C10H7Cl3O3.